The molecule has 0 aromatic heterocycles. The van der Waals surface area contributed by atoms with Gasteiger partial charge in [-0.2, -0.15) is 11.8 Å². The Morgan fingerprint density at radius 1 is 1.41 bits per heavy atom. The monoisotopic (exact) mass is 280 g/mol. The Morgan fingerprint density at radius 2 is 2.06 bits per heavy atom. The minimum absolute atomic E-state index is 0. The van der Waals surface area contributed by atoms with Gasteiger partial charge in [0.25, 0.3) is 0 Å². The maximum Gasteiger partial charge on any atom is 0.223 e. The molecule has 5 heteroatoms. The molecule has 0 aromatic carbocycles. The number of nitrogens with one attached hydrogen (secondary N) is 1. The Labute approximate surface area is 115 Å². The molecule has 17 heavy (non-hydrogen) atoms. The molecule has 0 bridgehead atoms. The predicted molar refractivity (Wildman–Crippen MR) is 78.1 cm³/mol. The fraction of sp³-hybridized carbons (Fsp3) is 0.917. The summed E-state index contributed by atoms with van der Waals surface area (Å²) >= 11 is 1.75. The molecule has 1 N–H and O–H groups in total. The molecule has 0 aliphatic carbocycles. The van der Waals surface area contributed by atoms with Crippen LogP contribution in [0.1, 0.15) is 32.6 Å². The van der Waals surface area contributed by atoms with Crippen LogP contribution in [0.2, 0.25) is 0 Å². The predicted octanol–water partition coefficient (Wildman–Crippen LogP) is 2.15. The Balaban J connectivity index is 0.00000256. The number of hydrogen-bond donors (Lipinski definition) is 1. The van der Waals surface area contributed by atoms with Gasteiger partial charge >= 0.3 is 0 Å². The van der Waals surface area contributed by atoms with Crippen LogP contribution in [0, 0.1) is 0 Å². The highest BCUT2D eigenvalue weighted by atomic mass is 35.5. The molecular formula is C12H25ClN2OS. The summed E-state index contributed by atoms with van der Waals surface area (Å²) in [6.07, 6.45) is 6.05. The Morgan fingerprint density at radius 3 is 2.59 bits per heavy atom. The molecule has 1 aliphatic rings. The molecule has 0 radical (unpaired) electrons. The van der Waals surface area contributed by atoms with Crippen LogP contribution in [0.4, 0.5) is 0 Å². The van der Waals surface area contributed by atoms with Crippen LogP contribution in [-0.4, -0.2) is 48.5 Å². The van der Waals surface area contributed by atoms with Crippen LogP contribution in [0.3, 0.4) is 0 Å². The van der Waals surface area contributed by atoms with E-state index in [0.29, 0.717) is 18.4 Å². The number of carbonyl (C=O) groups excluding carboxylic acids is 1. The molecule has 1 fully saturated rings. The van der Waals surface area contributed by atoms with Gasteiger partial charge in [0.1, 0.15) is 0 Å². The largest absolute Gasteiger partial charge is 0.340 e. The fourth-order valence-electron chi connectivity index (χ4n) is 2.20. The van der Waals surface area contributed by atoms with Gasteiger partial charge in [-0.1, -0.05) is 6.92 Å². The van der Waals surface area contributed by atoms with E-state index in [1.807, 2.05) is 0 Å². The molecule has 0 saturated carbocycles. The van der Waals surface area contributed by atoms with Crippen LogP contribution >= 0.6 is 24.2 Å². The molecule has 0 aromatic rings. The number of halogens is 1. The van der Waals surface area contributed by atoms with Crippen molar-refractivity contribution >= 4 is 30.1 Å². The second-order valence-corrected chi connectivity index (χ2v) is 5.30. The van der Waals surface area contributed by atoms with Crippen molar-refractivity contribution in [2.24, 2.45) is 0 Å². The van der Waals surface area contributed by atoms with E-state index < -0.39 is 0 Å². The van der Waals surface area contributed by atoms with Gasteiger partial charge in [0.15, 0.2) is 0 Å². The van der Waals surface area contributed by atoms with Gasteiger partial charge in [-0.3, -0.25) is 4.79 Å². The van der Waals surface area contributed by atoms with Crippen LogP contribution in [0.5, 0.6) is 0 Å². The molecule has 1 heterocycles. The number of nitrogens with zero attached hydrogens (tertiary/aromatic N) is 1. The number of rotatable bonds is 6. The average Bonchev–Trinajstić information content (AvgIpc) is 2.34. The summed E-state index contributed by atoms with van der Waals surface area (Å²) in [6.45, 7) is 5.19. The van der Waals surface area contributed by atoms with Crippen molar-refractivity contribution < 1.29 is 4.79 Å². The zero-order valence-corrected chi connectivity index (χ0v) is 12.5. The van der Waals surface area contributed by atoms with Crippen molar-refractivity contribution in [2.45, 2.75) is 38.6 Å². The SMILES string of the molecule is CCCN(C(=O)CCSC)C1CCNCC1.Cl. The Bertz CT molecular complexity index is 211. The van der Waals surface area contributed by atoms with E-state index in [1.54, 1.807) is 11.8 Å². The van der Waals surface area contributed by atoms with Crippen molar-refractivity contribution in [3.8, 4) is 0 Å². The van der Waals surface area contributed by atoms with Gasteiger partial charge < -0.3 is 10.2 Å². The summed E-state index contributed by atoms with van der Waals surface area (Å²) in [7, 11) is 0. The molecule has 1 aliphatic heterocycles. The van der Waals surface area contributed by atoms with E-state index in [2.05, 4.69) is 23.4 Å². The molecular weight excluding hydrogens is 256 g/mol. The highest BCUT2D eigenvalue weighted by molar-refractivity contribution is 7.98. The van der Waals surface area contributed by atoms with E-state index >= 15 is 0 Å². The summed E-state index contributed by atoms with van der Waals surface area (Å²) < 4.78 is 0. The third-order valence-electron chi connectivity index (χ3n) is 3.05. The molecule has 1 rings (SSSR count). The standard InChI is InChI=1S/C12H24N2OS.ClH/c1-3-9-14(12(15)6-10-16-2)11-4-7-13-8-5-11;/h11,13H,3-10H2,1-2H3;1H. The van der Waals surface area contributed by atoms with Crippen molar-refractivity contribution in [3.63, 3.8) is 0 Å². The summed E-state index contributed by atoms with van der Waals surface area (Å²) in [5.74, 6) is 1.30. The van der Waals surface area contributed by atoms with Crippen molar-refractivity contribution in [1.82, 2.24) is 10.2 Å². The lowest BCUT2D eigenvalue weighted by Gasteiger charge is -2.34. The molecule has 1 saturated heterocycles. The van der Waals surface area contributed by atoms with Crippen molar-refractivity contribution in [1.29, 1.82) is 0 Å². The average molecular weight is 281 g/mol. The van der Waals surface area contributed by atoms with Crippen LogP contribution in [0.25, 0.3) is 0 Å². The lowest BCUT2D eigenvalue weighted by molar-refractivity contribution is -0.133. The van der Waals surface area contributed by atoms with Gasteiger partial charge in [-0.25, -0.2) is 0 Å². The first-order chi connectivity index (χ1) is 7.79. The summed E-state index contributed by atoms with van der Waals surface area (Å²) in [5, 5.41) is 3.35. The zero-order chi connectivity index (χ0) is 11.8. The van der Waals surface area contributed by atoms with Gasteiger partial charge in [0.05, 0.1) is 0 Å². The first-order valence-corrected chi connectivity index (χ1v) is 7.68. The third-order valence-corrected chi connectivity index (χ3v) is 3.67. The van der Waals surface area contributed by atoms with Crippen LogP contribution in [0.15, 0.2) is 0 Å². The van der Waals surface area contributed by atoms with Gasteiger partial charge in [0.2, 0.25) is 5.91 Å². The number of amides is 1. The van der Waals surface area contributed by atoms with E-state index in [0.717, 1.165) is 44.6 Å². The topological polar surface area (TPSA) is 32.3 Å². The van der Waals surface area contributed by atoms with Crippen LogP contribution in [-0.2, 0) is 4.79 Å². The third kappa shape index (κ3) is 5.98. The van der Waals surface area contributed by atoms with Crippen LogP contribution < -0.4 is 5.32 Å². The fourth-order valence-corrected chi connectivity index (χ4v) is 2.58. The highest BCUT2D eigenvalue weighted by Gasteiger charge is 2.23. The minimum Gasteiger partial charge on any atom is -0.340 e. The minimum atomic E-state index is 0. The summed E-state index contributed by atoms with van der Waals surface area (Å²) in [6, 6.07) is 0.482. The van der Waals surface area contributed by atoms with E-state index in [4.69, 9.17) is 0 Å². The van der Waals surface area contributed by atoms with Gasteiger partial charge in [-0.15, -0.1) is 12.4 Å². The molecule has 0 spiro atoms. The summed E-state index contributed by atoms with van der Waals surface area (Å²) in [5.41, 5.74) is 0. The molecule has 0 atom stereocenters. The maximum atomic E-state index is 12.1. The molecule has 0 unspecified atom stereocenters. The highest BCUT2D eigenvalue weighted by Crippen LogP contribution is 2.14. The number of thioether (sulfide) groups is 1. The van der Waals surface area contributed by atoms with Gasteiger partial charge in [-0.05, 0) is 38.6 Å². The Hall–Kier alpha value is 0.0700. The molecule has 3 nitrogen and oxygen atoms in total. The summed E-state index contributed by atoms with van der Waals surface area (Å²) in [4.78, 5) is 14.2. The Kier molecular flexibility index (Phi) is 10.1. The maximum absolute atomic E-state index is 12.1. The first kappa shape index (κ1) is 17.1. The molecule has 1 amide bonds. The van der Waals surface area contributed by atoms with E-state index in [-0.39, 0.29) is 12.4 Å². The second kappa shape index (κ2) is 10.0. The normalized spacial score (nSPS) is 16.4. The first-order valence-electron chi connectivity index (χ1n) is 6.28. The molecule has 102 valence electrons. The second-order valence-electron chi connectivity index (χ2n) is 4.31. The number of carbonyl (C=O) groups is 1. The number of piperidine rings is 1. The van der Waals surface area contributed by atoms with E-state index in [9.17, 15) is 4.79 Å². The lowest BCUT2D eigenvalue weighted by atomic mass is 10.0. The van der Waals surface area contributed by atoms with Crippen molar-refractivity contribution in [3.05, 3.63) is 0 Å². The van der Waals surface area contributed by atoms with Gasteiger partial charge in [0, 0.05) is 24.8 Å². The quantitative estimate of drug-likeness (QED) is 0.809. The lowest BCUT2D eigenvalue weighted by Crippen LogP contribution is -2.46. The smallest absolute Gasteiger partial charge is 0.223 e. The van der Waals surface area contributed by atoms with E-state index in [1.165, 1.54) is 0 Å². The number of hydrogen-bond acceptors (Lipinski definition) is 3. The van der Waals surface area contributed by atoms with Crippen molar-refractivity contribution in [2.75, 3.05) is 31.6 Å². The zero-order valence-electron chi connectivity index (χ0n) is 10.9.